The molecular formula is C38H43N3O6S. The quantitative estimate of drug-likeness (QED) is 0.206. The van der Waals surface area contributed by atoms with Crippen LogP contribution in [0, 0.1) is 20.8 Å². The molecule has 2 heterocycles. The van der Waals surface area contributed by atoms with Crippen LogP contribution < -0.4 is 33.8 Å². The van der Waals surface area contributed by atoms with Crippen molar-refractivity contribution in [3.63, 3.8) is 0 Å². The van der Waals surface area contributed by atoms with Crippen LogP contribution in [0.5, 0.6) is 23.0 Å². The second-order valence-corrected chi connectivity index (χ2v) is 12.8. The molecule has 10 heteroatoms. The number of hydrogen-bond acceptors (Lipinski definition) is 8. The highest BCUT2D eigenvalue weighted by Gasteiger charge is 2.36. The number of thiazole rings is 1. The largest absolute Gasteiger partial charge is 0.497 e. The van der Waals surface area contributed by atoms with Gasteiger partial charge in [0.1, 0.15) is 24.1 Å². The van der Waals surface area contributed by atoms with Crippen LogP contribution in [0.4, 0.5) is 0 Å². The molecule has 0 fully saturated rings. The summed E-state index contributed by atoms with van der Waals surface area (Å²) in [4.78, 5) is 35.4. The lowest BCUT2D eigenvalue weighted by Gasteiger charge is -2.30. The molecule has 1 aliphatic rings. The first kappa shape index (κ1) is 34.5. The van der Waals surface area contributed by atoms with E-state index in [1.807, 2.05) is 51.1 Å². The molecule has 1 amide bonds. The van der Waals surface area contributed by atoms with Crippen molar-refractivity contribution in [2.75, 3.05) is 34.4 Å². The summed E-state index contributed by atoms with van der Waals surface area (Å²) in [6, 6.07) is 14.5. The predicted octanol–water partition coefficient (Wildman–Crippen LogP) is 5.63. The van der Waals surface area contributed by atoms with E-state index in [1.165, 1.54) is 28.0 Å². The van der Waals surface area contributed by atoms with Gasteiger partial charge in [-0.15, -0.1) is 0 Å². The van der Waals surface area contributed by atoms with E-state index in [9.17, 15) is 9.59 Å². The molecule has 0 radical (unpaired) electrons. The standard InChI is InChI=1S/C38H43N3O6S/c1-10-40(11-2)37(43)34-25(6)39-38-41(35(34)28-20-27(44-7)13-15-30(28)45-8)36(42)33(48-38)19-26-12-14-31(32(18-26)46-9)47-21-29-23(4)16-22(3)17-24(29)5/h12-20,35H,10-11,21H2,1-9H3/b33-19+/t35-/m1/s1. The van der Waals surface area contributed by atoms with Gasteiger partial charge in [-0.2, -0.15) is 0 Å². The molecule has 0 saturated heterocycles. The Bertz CT molecular complexity index is 2050. The molecule has 4 aromatic rings. The zero-order chi connectivity index (χ0) is 34.7. The lowest BCUT2D eigenvalue weighted by molar-refractivity contribution is -0.127. The zero-order valence-corrected chi connectivity index (χ0v) is 29.9. The summed E-state index contributed by atoms with van der Waals surface area (Å²) in [6.07, 6.45) is 1.81. The molecule has 1 atom stereocenters. The summed E-state index contributed by atoms with van der Waals surface area (Å²) >= 11 is 1.27. The molecule has 1 aromatic heterocycles. The molecular weight excluding hydrogens is 627 g/mol. The van der Waals surface area contributed by atoms with Crippen LogP contribution in [0.25, 0.3) is 6.08 Å². The fourth-order valence-electron chi connectivity index (χ4n) is 6.26. The van der Waals surface area contributed by atoms with Gasteiger partial charge in [-0.3, -0.25) is 14.2 Å². The molecule has 5 rings (SSSR count). The summed E-state index contributed by atoms with van der Waals surface area (Å²) in [5.74, 6) is 2.10. The molecule has 0 spiro atoms. The van der Waals surface area contributed by atoms with E-state index in [1.54, 1.807) is 42.9 Å². The van der Waals surface area contributed by atoms with Crippen molar-refractivity contribution < 1.29 is 23.7 Å². The number of ether oxygens (including phenoxy) is 4. The predicted molar refractivity (Wildman–Crippen MR) is 189 cm³/mol. The Balaban J connectivity index is 1.60. The summed E-state index contributed by atoms with van der Waals surface area (Å²) in [6.45, 7) is 13.4. The highest BCUT2D eigenvalue weighted by molar-refractivity contribution is 7.07. The monoisotopic (exact) mass is 669 g/mol. The molecule has 0 N–H and O–H groups in total. The van der Waals surface area contributed by atoms with Gasteiger partial charge in [0.05, 0.1) is 37.1 Å². The number of benzene rings is 3. The van der Waals surface area contributed by atoms with Crippen LogP contribution in [-0.4, -0.2) is 49.8 Å². The van der Waals surface area contributed by atoms with Crippen LogP contribution in [0.2, 0.25) is 0 Å². The lowest BCUT2D eigenvalue weighted by Crippen LogP contribution is -2.43. The Morgan fingerprint density at radius 2 is 1.56 bits per heavy atom. The van der Waals surface area contributed by atoms with Gasteiger partial charge in [0.15, 0.2) is 16.3 Å². The number of hydrogen-bond donors (Lipinski definition) is 0. The Kier molecular flexibility index (Phi) is 10.4. The van der Waals surface area contributed by atoms with Crippen molar-refractivity contribution in [2.24, 2.45) is 4.99 Å². The normalized spacial score (nSPS) is 14.4. The van der Waals surface area contributed by atoms with Gasteiger partial charge in [-0.25, -0.2) is 4.99 Å². The van der Waals surface area contributed by atoms with Gasteiger partial charge in [0.25, 0.3) is 11.5 Å². The summed E-state index contributed by atoms with van der Waals surface area (Å²) in [7, 11) is 4.75. The average Bonchev–Trinajstić information content (AvgIpc) is 3.37. The number of carbonyl (C=O) groups excluding carboxylic acids is 1. The first-order valence-corrected chi connectivity index (χ1v) is 16.8. The number of aromatic nitrogens is 1. The van der Waals surface area contributed by atoms with Crippen molar-refractivity contribution in [2.45, 2.75) is 54.2 Å². The van der Waals surface area contributed by atoms with Gasteiger partial charge in [-0.1, -0.05) is 35.1 Å². The minimum absolute atomic E-state index is 0.179. The molecule has 1 aliphatic heterocycles. The number of amides is 1. The summed E-state index contributed by atoms with van der Waals surface area (Å²) in [5, 5.41) is 0. The Hall–Kier alpha value is -4.83. The number of allylic oxidation sites excluding steroid dienone is 1. The van der Waals surface area contributed by atoms with Crippen LogP contribution in [0.3, 0.4) is 0 Å². The van der Waals surface area contributed by atoms with Gasteiger partial charge in [-0.05, 0) is 100 Å². The number of likely N-dealkylation sites (N-methyl/N-ethyl adjacent to an activating group) is 1. The van der Waals surface area contributed by atoms with Crippen molar-refractivity contribution in [3.05, 3.63) is 113 Å². The number of rotatable bonds is 11. The zero-order valence-electron chi connectivity index (χ0n) is 29.1. The number of methoxy groups -OCH3 is 3. The van der Waals surface area contributed by atoms with Crippen molar-refractivity contribution in [1.82, 2.24) is 9.47 Å². The van der Waals surface area contributed by atoms with E-state index in [0.717, 1.165) is 11.1 Å². The minimum atomic E-state index is -0.777. The number of carbonyl (C=O) groups is 1. The number of fused-ring (bicyclic) bond motifs is 1. The van der Waals surface area contributed by atoms with E-state index in [0.29, 0.717) is 68.9 Å². The lowest BCUT2D eigenvalue weighted by atomic mass is 9.93. The molecule has 0 bridgehead atoms. The smallest absolute Gasteiger partial charge is 0.271 e. The maximum Gasteiger partial charge on any atom is 0.271 e. The van der Waals surface area contributed by atoms with E-state index in [4.69, 9.17) is 23.9 Å². The SMILES string of the molecule is CCN(CC)C(=O)C1=C(C)N=c2s/c(=C/c3ccc(OCc4c(C)cc(C)cc4C)c(OC)c3)c(=O)n2[C@@H]1c1cc(OC)ccc1OC. The average molecular weight is 670 g/mol. The molecule has 0 aliphatic carbocycles. The first-order chi connectivity index (χ1) is 23.0. The Morgan fingerprint density at radius 1 is 0.896 bits per heavy atom. The van der Waals surface area contributed by atoms with Crippen LogP contribution in [0.1, 0.15) is 60.2 Å². The summed E-state index contributed by atoms with van der Waals surface area (Å²) < 4.78 is 25.3. The minimum Gasteiger partial charge on any atom is -0.497 e. The van der Waals surface area contributed by atoms with E-state index in [2.05, 4.69) is 32.9 Å². The second kappa shape index (κ2) is 14.5. The topological polar surface area (TPSA) is 91.6 Å². The number of aryl methyl sites for hydroxylation is 3. The molecule has 0 saturated carbocycles. The highest BCUT2D eigenvalue weighted by Crippen LogP contribution is 2.38. The second-order valence-electron chi connectivity index (χ2n) is 11.7. The van der Waals surface area contributed by atoms with Gasteiger partial charge >= 0.3 is 0 Å². The van der Waals surface area contributed by atoms with Crippen molar-refractivity contribution >= 4 is 23.3 Å². The van der Waals surface area contributed by atoms with Crippen LogP contribution in [0.15, 0.2) is 69.6 Å². The third-order valence-corrected chi connectivity index (χ3v) is 9.71. The maximum atomic E-state index is 14.3. The molecule has 252 valence electrons. The Morgan fingerprint density at radius 3 is 2.19 bits per heavy atom. The van der Waals surface area contributed by atoms with E-state index in [-0.39, 0.29) is 11.5 Å². The molecule has 9 nitrogen and oxygen atoms in total. The van der Waals surface area contributed by atoms with Gasteiger partial charge in [0, 0.05) is 18.7 Å². The fraction of sp³-hybridized carbons (Fsp3) is 0.342. The van der Waals surface area contributed by atoms with Crippen LogP contribution in [-0.2, 0) is 11.4 Å². The fourth-order valence-corrected chi connectivity index (χ4v) is 7.30. The van der Waals surface area contributed by atoms with Gasteiger partial charge < -0.3 is 23.8 Å². The van der Waals surface area contributed by atoms with Gasteiger partial charge in [0.2, 0.25) is 0 Å². The molecule has 0 unspecified atom stereocenters. The third-order valence-electron chi connectivity index (χ3n) is 8.73. The third kappa shape index (κ3) is 6.62. The number of nitrogens with zero attached hydrogens (tertiary/aromatic N) is 3. The van der Waals surface area contributed by atoms with Crippen molar-refractivity contribution in [3.8, 4) is 23.0 Å². The van der Waals surface area contributed by atoms with Crippen molar-refractivity contribution in [1.29, 1.82) is 0 Å². The molecule has 48 heavy (non-hydrogen) atoms. The van der Waals surface area contributed by atoms with Crippen LogP contribution >= 0.6 is 11.3 Å². The first-order valence-electron chi connectivity index (χ1n) is 16.0. The summed E-state index contributed by atoms with van der Waals surface area (Å²) in [5.41, 5.74) is 6.83. The Labute approximate surface area is 285 Å². The molecule has 3 aromatic carbocycles. The maximum absolute atomic E-state index is 14.3. The van der Waals surface area contributed by atoms with E-state index < -0.39 is 6.04 Å². The van der Waals surface area contributed by atoms with E-state index >= 15 is 0 Å². The highest BCUT2D eigenvalue weighted by atomic mass is 32.1.